The molecule has 1 aromatic carbocycles. The summed E-state index contributed by atoms with van der Waals surface area (Å²) >= 11 is 0. The Hall–Kier alpha value is -1.97. The summed E-state index contributed by atoms with van der Waals surface area (Å²) in [6.07, 6.45) is 0. The van der Waals surface area contributed by atoms with Crippen LogP contribution in [0, 0.1) is 0 Å². The van der Waals surface area contributed by atoms with Crippen molar-refractivity contribution in [2.45, 2.75) is 26.7 Å². The second-order valence-electron chi connectivity index (χ2n) is 4.35. The molecule has 94 valence electrons. The van der Waals surface area contributed by atoms with Gasteiger partial charge in [0.2, 0.25) is 0 Å². The van der Waals surface area contributed by atoms with E-state index < -0.39 is 0 Å². The number of ether oxygens (including phenoxy) is 1. The first kappa shape index (κ1) is 12.5. The van der Waals surface area contributed by atoms with Gasteiger partial charge in [-0.05, 0) is 18.9 Å². The van der Waals surface area contributed by atoms with E-state index in [-0.39, 0.29) is 11.9 Å². The third-order valence-electron chi connectivity index (χ3n) is 2.72. The number of nitrogens with zero attached hydrogens (tertiary/aromatic N) is 2. The monoisotopic (exact) mass is 244 g/mol. The van der Waals surface area contributed by atoms with Gasteiger partial charge in [0, 0.05) is 5.39 Å². The van der Waals surface area contributed by atoms with Gasteiger partial charge in [-0.2, -0.15) is 10.2 Å². The van der Waals surface area contributed by atoms with Gasteiger partial charge < -0.3 is 4.74 Å². The van der Waals surface area contributed by atoms with Gasteiger partial charge in [0.15, 0.2) is 0 Å². The SMILES string of the molecule is CCOC(=O)c1c(C(C)C)nnc2ccccc12. The minimum absolute atomic E-state index is 0.126. The molecule has 0 aliphatic carbocycles. The van der Waals surface area contributed by atoms with Crippen molar-refractivity contribution >= 4 is 16.9 Å². The standard InChI is InChI=1S/C14H16N2O2/c1-4-18-14(17)12-10-7-5-6-8-11(10)15-16-13(12)9(2)3/h5-9H,4H2,1-3H3. The van der Waals surface area contributed by atoms with E-state index in [0.29, 0.717) is 23.4 Å². The van der Waals surface area contributed by atoms with Crippen LogP contribution < -0.4 is 0 Å². The number of carbonyl (C=O) groups excluding carboxylic acids is 1. The van der Waals surface area contributed by atoms with Gasteiger partial charge in [0.1, 0.15) is 0 Å². The molecular weight excluding hydrogens is 228 g/mol. The summed E-state index contributed by atoms with van der Waals surface area (Å²) in [5, 5.41) is 9.11. The van der Waals surface area contributed by atoms with Crippen molar-refractivity contribution in [3.8, 4) is 0 Å². The highest BCUT2D eigenvalue weighted by Gasteiger charge is 2.20. The van der Waals surface area contributed by atoms with E-state index in [9.17, 15) is 4.79 Å². The van der Waals surface area contributed by atoms with Gasteiger partial charge >= 0.3 is 5.97 Å². The first-order chi connectivity index (χ1) is 8.65. The van der Waals surface area contributed by atoms with E-state index in [1.54, 1.807) is 6.92 Å². The van der Waals surface area contributed by atoms with Crippen LogP contribution in [0.25, 0.3) is 10.9 Å². The lowest BCUT2D eigenvalue weighted by Crippen LogP contribution is -2.12. The topological polar surface area (TPSA) is 52.1 Å². The predicted octanol–water partition coefficient (Wildman–Crippen LogP) is 2.93. The zero-order valence-corrected chi connectivity index (χ0v) is 10.8. The molecule has 0 bridgehead atoms. The Morgan fingerprint density at radius 2 is 2.00 bits per heavy atom. The Labute approximate surface area is 106 Å². The van der Waals surface area contributed by atoms with Crippen LogP contribution in [0.5, 0.6) is 0 Å². The van der Waals surface area contributed by atoms with Crippen molar-refractivity contribution in [1.29, 1.82) is 0 Å². The van der Waals surface area contributed by atoms with Crippen LogP contribution in [0.2, 0.25) is 0 Å². The van der Waals surface area contributed by atoms with Gasteiger partial charge in [-0.25, -0.2) is 4.79 Å². The third-order valence-corrected chi connectivity index (χ3v) is 2.72. The number of esters is 1. The minimum Gasteiger partial charge on any atom is -0.462 e. The highest BCUT2D eigenvalue weighted by atomic mass is 16.5. The summed E-state index contributed by atoms with van der Waals surface area (Å²) in [5.74, 6) is -0.200. The molecule has 0 aliphatic rings. The normalized spacial score (nSPS) is 10.9. The number of hydrogen-bond donors (Lipinski definition) is 0. The summed E-state index contributed by atoms with van der Waals surface area (Å²) in [6, 6.07) is 7.48. The molecule has 1 heterocycles. The molecule has 4 nitrogen and oxygen atoms in total. The Balaban J connectivity index is 2.70. The van der Waals surface area contributed by atoms with Crippen LogP contribution in [0.3, 0.4) is 0 Å². The number of rotatable bonds is 3. The first-order valence-electron chi connectivity index (χ1n) is 6.07. The van der Waals surface area contributed by atoms with Crippen LogP contribution in [0.15, 0.2) is 24.3 Å². The summed E-state index contributed by atoms with van der Waals surface area (Å²) < 4.78 is 5.12. The lowest BCUT2D eigenvalue weighted by Gasteiger charge is -2.12. The number of aromatic nitrogens is 2. The van der Waals surface area contributed by atoms with E-state index >= 15 is 0 Å². The molecule has 0 unspecified atom stereocenters. The third kappa shape index (κ3) is 2.18. The van der Waals surface area contributed by atoms with Crippen molar-refractivity contribution in [1.82, 2.24) is 10.2 Å². The number of fused-ring (bicyclic) bond motifs is 1. The lowest BCUT2D eigenvalue weighted by atomic mass is 10.0. The fourth-order valence-electron chi connectivity index (χ4n) is 1.89. The Bertz CT molecular complexity index is 579. The maximum Gasteiger partial charge on any atom is 0.340 e. The maximum absolute atomic E-state index is 12.1. The quantitative estimate of drug-likeness (QED) is 0.779. The second kappa shape index (κ2) is 5.12. The lowest BCUT2D eigenvalue weighted by molar-refractivity contribution is 0.0526. The van der Waals surface area contributed by atoms with E-state index in [4.69, 9.17) is 4.74 Å². The van der Waals surface area contributed by atoms with E-state index in [1.165, 1.54) is 0 Å². The fraction of sp³-hybridized carbons (Fsp3) is 0.357. The average Bonchev–Trinajstić information content (AvgIpc) is 2.37. The van der Waals surface area contributed by atoms with E-state index in [2.05, 4.69) is 10.2 Å². The van der Waals surface area contributed by atoms with Crippen molar-refractivity contribution in [2.24, 2.45) is 0 Å². The molecule has 0 aliphatic heterocycles. The highest BCUT2D eigenvalue weighted by molar-refractivity contribution is 6.04. The van der Waals surface area contributed by atoms with Crippen molar-refractivity contribution < 1.29 is 9.53 Å². The highest BCUT2D eigenvalue weighted by Crippen LogP contribution is 2.24. The largest absolute Gasteiger partial charge is 0.462 e. The molecule has 0 saturated heterocycles. The number of hydrogen-bond acceptors (Lipinski definition) is 4. The predicted molar refractivity (Wildman–Crippen MR) is 69.6 cm³/mol. The average molecular weight is 244 g/mol. The first-order valence-corrected chi connectivity index (χ1v) is 6.07. The molecule has 0 spiro atoms. The van der Waals surface area contributed by atoms with Gasteiger partial charge in [-0.15, -0.1) is 0 Å². The van der Waals surface area contributed by atoms with Gasteiger partial charge in [0.25, 0.3) is 0 Å². The molecule has 18 heavy (non-hydrogen) atoms. The van der Waals surface area contributed by atoms with E-state index in [0.717, 1.165) is 5.39 Å². The molecule has 2 aromatic rings. The Morgan fingerprint density at radius 1 is 1.28 bits per heavy atom. The molecule has 0 N–H and O–H groups in total. The molecule has 0 atom stereocenters. The van der Waals surface area contributed by atoms with Crippen LogP contribution >= 0.6 is 0 Å². The van der Waals surface area contributed by atoms with Crippen LogP contribution in [0.4, 0.5) is 0 Å². The summed E-state index contributed by atoms with van der Waals surface area (Å²) in [4.78, 5) is 12.1. The Kier molecular flexibility index (Phi) is 3.55. The Morgan fingerprint density at radius 3 is 2.67 bits per heavy atom. The summed E-state index contributed by atoms with van der Waals surface area (Å²) in [6.45, 7) is 6.12. The smallest absolute Gasteiger partial charge is 0.340 e. The summed E-state index contributed by atoms with van der Waals surface area (Å²) in [5.41, 5.74) is 1.94. The molecule has 4 heteroatoms. The second-order valence-corrected chi connectivity index (χ2v) is 4.35. The zero-order chi connectivity index (χ0) is 13.1. The molecule has 0 radical (unpaired) electrons. The van der Waals surface area contributed by atoms with Gasteiger partial charge in [-0.1, -0.05) is 32.0 Å². The van der Waals surface area contributed by atoms with Gasteiger partial charge in [0.05, 0.1) is 23.4 Å². The maximum atomic E-state index is 12.1. The molecule has 2 rings (SSSR count). The van der Waals surface area contributed by atoms with Crippen molar-refractivity contribution in [3.63, 3.8) is 0 Å². The molecular formula is C14H16N2O2. The number of carbonyl (C=O) groups is 1. The molecule has 0 saturated carbocycles. The van der Waals surface area contributed by atoms with Crippen molar-refractivity contribution in [3.05, 3.63) is 35.5 Å². The minimum atomic E-state index is -0.327. The fourth-order valence-corrected chi connectivity index (χ4v) is 1.89. The number of benzene rings is 1. The zero-order valence-electron chi connectivity index (χ0n) is 10.8. The molecule has 1 aromatic heterocycles. The molecule has 0 fully saturated rings. The van der Waals surface area contributed by atoms with Crippen LogP contribution in [-0.4, -0.2) is 22.8 Å². The van der Waals surface area contributed by atoms with Crippen molar-refractivity contribution in [2.75, 3.05) is 6.61 Å². The molecule has 0 amide bonds. The van der Waals surface area contributed by atoms with Gasteiger partial charge in [-0.3, -0.25) is 0 Å². The summed E-state index contributed by atoms with van der Waals surface area (Å²) in [7, 11) is 0. The van der Waals surface area contributed by atoms with E-state index in [1.807, 2.05) is 38.1 Å². The van der Waals surface area contributed by atoms with Crippen LogP contribution in [0.1, 0.15) is 42.7 Å². The van der Waals surface area contributed by atoms with Crippen LogP contribution in [-0.2, 0) is 4.74 Å².